The Bertz CT molecular complexity index is 1110. The number of piperidine rings is 1. The smallest absolute Gasteiger partial charge is 0.251 e. The Balaban J connectivity index is 1.61. The number of hydrogen-bond donors (Lipinski definition) is 1. The fourth-order valence-corrected chi connectivity index (χ4v) is 4.66. The highest BCUT2D eigenvalue weighted by atomic mass is 79.9. The molecular weight excluding hydrogens is 456 g/mol. The molecule has 4 rings (SSSR count). The lowest BCUT2D eigenvalue weighted by Gasteiger charge is -2.33. The van der Waals surface area contributed by atoms with Crippen LogP contribution in [0.2, 0.25) is 0 Å². The van der Waals surface area contributed by atoms with E-state index in [1.54, 1.807) is 12.1 Å². The maximum atomic E-state index is 13.2. The van der Waals surface area contributed by atoms with Crippen molar-refractivity contribution in [3.63, 3.8) is 0 Å². The minimum Gasteiger partial charge on any atom is -0.342 e. The van der Waals surface area contributed by atoms with Gasteiger partial charge in [0, 0.05) is 22.6 Å². The lowest BCUT2D eigenvalue weighted by molar-refractivity contribution is -0.135. The summed E-state index contributed by atoms with van der Waals surface area (Å²) in [5.74, 6) is 0.605. The number of aromatic nitrogens is 2. The normalized spacial score (nSPS) is 17.5. The lowest BCUT2D eigenvalue weighted by atomic mass is 10.0. The van der Waals surface area contributed by atoms with E-state index in [4.69, 9.17) is 4.98 Å². The van der Waals surface area contributed by atoms with Crippen molar-refractivity contribution in [3.8, 4) is 0 Å². The third kappa shape index (κ3) is 4.66. The summed E-state index contributed by atoms with van der Waals surface area (Å²) in [4.78, 5) is 32.7. The molecule has 1 N–H and O–H groups in total. The first-order valence-corrected chi connectivity index (χ1v) is 11.5. The van der Waals surface area contributed by atoms with Gasteiger partial charge in [-0.3, -0.25) is 9.59 Å². The zero-order chi connectivity index (χ0) is 22.0. The first kappa shape index (κ1) is 21.6. The number of carbonyl (C=O) groups is 2. The molecule has 2 amide bonds. The summed E-state index contributed by atoms with van der Waals surface area (Å²) in [5, 5.41) is 3.03. The summed E-state index contributed by atoms with van der Waals surface area (Å²) < 4.78 is 2.80. The average Bonchev–Trinajstić information content (AvgIpc) is 3.12. The first-order chi connectivity index (χ1) is 14.9. The van der Waals surface area contributed by atoms with Crippen LogP contribution in [0.5, 0.6) is 0 Å². The minimum atomic E-state index is -0.356. The Kier molecular flexibility index (Phi) is 6.41. The van der Waals surface area contributed by atoms with Gasteiger partial charge in [-0.15, -0.1) is 0 Å². The zero-order valence-electron chi connectivity index (χ0n) is 17.8. The van der Waals surface area contributed by atoms with Crippen molar-refractivity contribution in [3.05, 3.63) is 64.4 Å². The summed E-state index contributed by atoms with van der Waals surface area (Å²) in [6.07, 6.45) is 3.26. The molecule has 2 unspecified atom stereocenters. The molecular formula is C24H27BrN4O2. The third-order valence-electron chi connectivity index (χ3n) is 5.92. The highest BCUT2D eigenvalue weighted by Crippen LogP contribution is 2.23. The molecule has 7 heteroatoms. The minimum absolute atomic E-state index is 0.0992. The summed E-state index contributed by atoms with van der Waals surface area (Å²) in [6.45, 7) is 5.04. The van der Waals surface area contributed by atoms with Gasteiger partial charge in [-0.1, -0.05) is 34.1 Å². The number of imidazole rings is 1. The molecule has 0 bridgehead atoms. The van der Waals surface area contributed by atoms with Crippen LogP contribution in [-0.2, 0) is 11.3 Å². The van der Waals surface area contributed by atoms with Gasteiger partial charge in [0.2, 0.25) is 5.91 Å². The van der Waals surface area contributed by atoms with Crippen LogP contribution in [0.4, 0.5) is 0 Å². The lowest BCUT2D eigenvalue weighted by Crippen LogP contribution is -2.44. The second-order valence-corrected chi connectivity index (χ2v) is 9.10. The highest BCUT2D eigenvalue weighted by Gasteiger charge is 2.26. The monoisotopic (exact) mass is 482 g/mol. The van der Waals surface area contributed by atoms with Gasteiger partial charge in [-0.2, -0.15) is 0 Å². The van der Waals surface area contributed by atoms with Gasteiger partial charge in [0.15, 0.2) is 0 Å². The topological polar surface area (TPSA) is 67.2 Å². The summed E-state index contributed by atoms with van der Waals surface area (Å²) in [6, 6.07) is 15.0. The van der Waals surface area contributed by atoms with Crippen molar-refractivity contribution in [1.29, 1.82) is 0 Å². The predicted molar refractivity (Wildman–Crippen MR) is 125 cm³/mol. The largest absolute Gasteiger partial charge is 0.342 e. The number of halogens is 1. The van der Waals surface area contributed by atoms with E-state index in [9.17, 15) is 9.59 Å². The fraction of sp³-hybridized carbons (Fsp3) is 0.375. The van der Waals surface area contributed by atoms with Crippen LogP contribution < -0.4 is 5.32 Å². The van der Waals surface area contributed by atoms with Crippen LogP contribution in [-0.4, -0.2) is 38.9 Å². The predicted octanol–water partition coefficient (Wildman–Crippen LogP) is 4.69. The molecule has 0 radical (unpaired) electrons. The number of nitrogens with zero attached hydrogens (tertiary/aromatic N) is 3. The molecule has 1 fully saturated rings. The van der Waals surface area contributed by atoms with E-state index in [0.29, 0.717) is 11.4 Å². The molecule has 2 aromatic carbocycles. The van der Waals surface area contributed by atoms with Crippen LogP contribution in [0.3, 0.4) is 0 Å². The van der Waals surface area contributed by atoms with Gasteiger partial charge in [0.25, 0.3) is 5.91 Å². The number of amides is 2. The number of nitrogens with one attached hydrogen (secondary N) is 1. The van der Waals surface area contributed by atoms with Crippen LogP contribution in [0.25, 0.3) is 11.0 Å². The molecule has 31 heavy (non-hydrogen) atoms. The molecule has 2 heterocycles. The highest BCUT2D eigenvalue weighted by molar-refractivity contribution is 9.10. The molecule has 0 aliphatic carbocycles. The number of para-hydroxylation sites is 2. The molecule has 0 saturated carbocycles. The number of carbonyl (C=O) groups excluding carboxylic acids is 2. The van der Waals surface area contributed by atoms with E-state index >= 15 is 0 Å². The standard InChI is InChI=1S/C24H27BrN4O2/c1-16-8-5-6-13-28(16)22(30)15-29-21-12-4-3-11-20(21)27-23(29)17(2)26-24(31)18-9-7-10-19(25)14-18/h3-4,7,9-12,14,16-17H,5-6,8,13,15H2,1-2H3,(H,26,31). The van der Waals surface area contributed by atoms with Gasteiger partial charge in [0.1, 0.15) is 12.4 Å². The van der Waals surface area contributed by atoms with Crippen molar-refractivity contribution >= 4 is 38.8 Å². The van der Waals surface area contributed by atoms with Crippen molar-refractivity contribution < 1.29 is 9.59 Å². The Morgan fingerprint density at radius 2 is 2.00 bits per heavy atom. The molecule has 6 nitrogen and oxygen atoms in total. The van der Waals surface area contributed by atoms with E-state index in [2.05, 4.69) is 28.2 Å². The van der Waals surface area contributed by atoms with Crippen LogP contribution >= 0.6 is 15.9 Å². The SMILES string of the molecule is CC(NC(=O)c1cccc(Br)c1)c1nc2ccccc2n1CC(=O)N1CCCCC1C. The van der Waals surface area contributed by atoms with E-state index in [-0.39, 0.29) is 30.4 Å². The van der Waals surface area contributed by atoms with E-state index in [0.717, 1.165) is 34.9 Å². The maximum absolute atomic E-state index is 13.2. The van der Waals surface area contributed by atoms with Crippen LogP contribution in [0.1, 0.15) is 55.3 Å². The summed E-state index contributed by atoms with van der Waals surface area (Å²) in [5.41, 5.74) is 2.29. The van der Waals surface area contributed by atoms with Gasteiger partial charge in [-0.25, -0.2) is 4.98 Å². The molecule has 1 saturated heterocycles. The first-order valence-electron chi connectivity index (χ1n) is 10.7. The van der Waals surface area contributed by atoms with Gasteiger partial charge < -0.3 is 14.8 Å². The van der Waals surface area contributed by atoms with Crippen molar-refractivity contribution in [2.24, 2.45) is 0 Å². The van der Waals surface area contributed by atoms with Crippen molar-refractivity contribution in [2.45, 2.75) is 51.7 Å². The molecule has 0 spiro atoms. The fourth-order valence-electron chi connectivity index (χ4n) is 4.26. The molecule has 1 aliphatic heterocycles. The number of benzene rings is 2. The molecule has 3 aromatic rings. The van der Waals surface area contributed by atoms with Gasteiger partial charge in [-0.05, 0) is 63.4 Å². The Labute approximate surface area is 190 Å². The summed E-state index contributed by atoms with van der Waals surface area (Å²) in [7, 11) is 0. The quantitative estimate of drug-likeness (QED) is 0.573. The van der Waals surface area contributed by atoms with Crippen LogP contribution in [0, 0.1) is 0 Å². The maximum Gasteiger partial charge on any atom is 0.251 e. The van der Waals surface area contributed by atoms with E-state index < -0.39 is 0 Å². The number of rotatable bonds is 5. The van der Waals surface area contributed by atoms with E-state index in [1.807, 2.05) is 52.8 Å². The van der Waals surface area contributed by atoms with Crippen molar-refractivity contribution in [2.75, 3.05) is 6.54 Å². The molecule has 1 aromatic heterocycles. The number of hydrogen-bond acceptors (Lipinski definition) is 3. The van der Waals surface area contributed by atoms with Crippen LogP contribution in [0.15, 0.2) is 53.0 Å². The Hall–Kier alpha value is -2.67. The second kappa shape index (κ2) is 9.22. The van der Waals surface area contributed by atoms with E-state index in [1.165, 1.54) is 6.42 Å². The number of likely N-dealkylation sites (tertiary alicyclic amines) is 1. The van der Waals surface area contributed by atoms with Gasteiger partial charge in [0.05, 0.1) is 17.1 Å². The van der Waals surface area contributed by atoms with Crippen molar-refractivity contribution in [1.82, 2.24) is 19.8 Å². The third-order valence-corrected chi connectivity index (χ3v) is 6.42. The zero-order valence-corrected chi connectivity index (χ0v) is 19.4. The molecule has 1 aliphatic rings. The van der Waals surface area contributed by atoms with Gasteiger partial charge >= 0.3 is 0 Å². The Morgan fingerprint density at radius 3 is 2.77 bits per heavy atom. The summed E-state index contributed by atoms with van der Waals surface area (Å²) >= 11 is 3.41. The number of fused-ring (bicyclic) bond motifs is 1. The molecule has 2 atom stereocenters. The second-order valence-electron chi connectivity index (χ2n) is 8.18. The average molecular weight is 483 g/mol. The molecule has 162 valence electrons. The Morgan fingerprint density at radius 1 is 1.19 bits per heavy atom.